The standard InChI is InChI=1S/C29H32F2N6O4S/c1-40-27(42)10-8-23-19-35(29(39)41-23)22-17-24(30)28(25(31)18-22)34-14-12-33-37(16-15-34)26(38)9-5-20-3-6-21(7-4-20)36-13-2-11-32-36/h2-4,6-7,11,13,17-18,23,33H,5,8-10,12,14-16,19H2,1H3/t23-/m0/s1. The molecule has 1 N–H and O–H groups in total. The molecule has 42 heavy (non-hydrogen) atoms. The first-order valence-electron chi connectivity index (χ1n) is 13.7. The average molecular weight is 599 g/mol. The Hall–Kier alpha value is -4.10. The van der Waals surface area contributed by atoms with Crippen molar-refractivity contribution in [1.29, 1.82) is 0 Å². The fraction of sp³-hybridized carbons (Fsp3) is 0.379. The molecule has 2 saturated heterocycles. The number of thiocarbonyl (C=S) groups is 1. The number of amides is 2. The fourth-order valence-electron chi connectivity index (χ4n) is 5.06. The number of cyclic esters (lactones) is 1. The third-order valence-corrected chi connectivity index (χ3v) is 7.68. The van der Waals surface area contributed by atoms with Gasteiger partial charge in [-0.25, -0.2) is 23.7 Å². The second kappa shape index (κ2) is 13.3. The summed E-state index contributed by atoms with van der Waals surface area (Å²) in [7, 11) is 1.48. The molecular weight excluding hydrogens is 566 g/mol. The minimum Gasteiger partial charge on any atom is -0.490 e. The first kappa shape index (κ1) is 29.4. The molecule has 13 heteroatoms. The number of hydrogen-bond acceptors (Lipinski definition) is 8. The second-order valence-corrected chi connectivity index (χ2v) is 10.5. The Kier molecular flexibility index (Phi) is 9.28. The molecule has 3 aromatic rings. The molecule has 1 aromatic heterocycles. The predicted molar refractivity (Wildman–Crippen MR) is 157 cm³/mol. The number of methoxy groups -OCH3 is 1. The summed E-state index contributed by atoms with van der Waals surface area (Å²) in [5.41, 5.74) is 4.92. The van der Waals surface area contributed by atoms with E-state index in [2.05, 4.69) is 10.5 Å². The van der Waals surface area contributed by atoms with Crippen LogP contribution in [-0.4, -0.2) is 77.8 Å². The van der Waals surface area contributed by atoms with Crippen molar-refractivity contribution in [3.63, 3.8) is 0 Å². The van der Waals surface area contributed by atoms with E-state index < -0.39 is 23.8 Å². The fourth-order valence-corrected chi connectivity index (χ4v) is 5.18. The van der Waals surface area contributed by atoms with Gasteiger partial charge in [-0.05, 0) is 48.8 Å². The van der Waals surface area contributed by atoms with Gasteiger partial charge in [0.25, 0.3) is 0 Å². The molecule has 0 bridgehead atoms. The van der Waals surface area contributed by atoms with Gasteiger partial charge >= 0.3 is 6.09 Å². The van der Waals surface area contributed by atoms with Gasteiger partial charge in [0.15, 0.2) is 16.7 Å². The third kappa shape index (κ3) is 6.85. The van der Waals surface area contributed by atoms with E-state index in [4.69, 9.17) is 21.7 Å². The summed E-state index contributed by atoms with van der Waals surface area (Å²) in [6, 6.07) is 12.0. The third-order valence-electron chi connectivity index (χ3n) is 7.31. The average Bonchev–Trinajstić information content (AvgIpc) is 3.59. The summed E-state index contributed by atoms with van der Waals surface area (Å²) < 4.78 is 42.6. The van der Waals surface area contributed by atoms with Gasteiger partial charge in [0.2, 0.25) is 5.91 Å². The summed E-state index contributed by atoms with van der Waals surface area (Å²) in [4.78, 5) is 28.1. The molecule has 2 fully saturated rings. The Bertz CT molecular complexity index is 1400. The number of aryl methyl sites for hydroxylation is 1. The van der Waals surface area contributed by atoms with E-state index in [9.17, 15) is 9.59 Å². The lowest BCUT2D eigenvalue weighted by molar-refractivity contribution is -0.133. The van der Waals surface area contributed by atoms with Crippen molar-refractivity contribution in [3.05, 3.63) is 72.1 Å². The molecule has 0 saturated carbocycles. The van der Waals surface area contributed by atoms with E-state index >= 15 is 8.78 Å². The van der Waals surface area contributed by atoms with Crippen LogP contribution >= 0.6 is 12.2 Å². The van der Waals surface area contributed by atoms with Crippen LogP contribution in [-0.2, 0) is 20.7 Å². The van der Waals surface area contributed by atoms with Gasteiger partial charge in [0, 0.05) is 57.0 Å². The molecule has 222 valence electrons. The van der Waals surface area contributed by atoms with E-state index in [0.29, 0.717) is 37.4 Å². The minimum absolute atomic E-state index is 0.0815. The van der Waals surface area contributed by atoms with Crippen molar-refractivity contribution in [3.8, 4) is 5.69 Å². The topological polar surface area (TPSA) is 92.2 Å². The molecular formula is C29H32F2N6O4S. The van der Waals surface area contributed by atoms with E-state index in [1.165, 1.54) is 17.0 Å². The highest BCUT2D eigenvalue weighted by atomic mass is 32.1. The number of ether oxygens (including phenoxy) is 2. The smallest absolute Gasteiger partial charge is 0.414 e. The number of anilines is 2. The molecule has 2 aliphatic heterocycles. The molecule has 5 rings (SSSR count). The number of carbonyl (C=O) groups is 2. The van der Waals surface area contributed by atoms with E-state index in [-0.39, 0.29) is 43.3 Å². The summed E-state index contributed by atoms with van der Waals surface area (Å²) >= 11 is 5.02. The quantitative estimate of drug-likeness (QED) is 0.370. The first-order chi connectivity index (χ1) is 20.3. The van der Waals surface area contributed by atoms with Crippen LogP contribution in [0.15, 0.2) is 54.9 Å². The number of hydrogen-bond donors (Lipinski definition) is 1. The van der Waals surface area contributed by atoms with Crippen molar-refractivity contribution in [1.82, 2.24) is 20.2 Å². The maximum absolute atomic E-state index is 15.3. The molecule has 0 aliphatic carbocycles. The number of carbonyl (C=O) groups excluding carboxylic acids is 2. The summed E-state index contributed by atoms with van der Waals surface area (Å²) in [5.74, 6) is -1.68. The summed E-state index contributed by atoms with van der Waals surface area (Å²) in [5, 5.41) is 6.12. The van der Waals surface area contributed by atoms with Gasteiger partial charge in [-0.3, -0.25) is 14.7 Å². The normalized spacial score (nSPS) is 17.3. The zero-order valence-electron chi connectivity index (χ0n) is 23.2. The molecule has 10 nitrogen and oxygen atoms in total. The minimum atomic E-state index is -0.792. The van der Waals surface area contributed by atoms with Gasteiger partial charge < -0.3 is 14.4 Å². The number of nitrogens with zero attached hydrogens (tertiary/aromatic N) is 5. The summed E-state index contributed by atoms with van der Waals surface area (Å²) in [6.07, 6.45) is 4.17. The van der Waals surface area contributed by atoms with Gasteiger partial charge in [-0.2, -0.15) is 5.10 Å². The van der Waals surface area contributed by atoms with Crippen LogP contribution in [0.1, 0.15) is 24.8 Å². The highest BCUT2D eigenvalue weighted by molar-refractivity contribution is 7.80. The Labute approximate surface area is 247 Å². The predicted octanol–water partition coefficient (Wildman–Crippen LogP) is 4.02. The number of halogens is 2. The van der Waals surface area contributed by atoms with Crippen LogP contribution in [0.2, 0.25) is 0 Å². The first-order valence-corrected chi connectivity index (χ1v) is 14.1. The molecule has 2 aliphatic rings. The Morgan fingerprint density at radius 1 is 1.12 bits per heavy atom. The molecule has 3 heterocycles. The number of aromatic nitrogens is 2. The molecule has 0 spiro atoms. The van der Waals surface area contributed by atoms with Gasteiger partial charge in [-0.15, -0.1) is 0 Å². The Morgan fingerprint density at radius 2 is 1.88 bits per heavy atom. The lowest BCUT2D eigenvalue weighted by Gasteiger charge is -2.25. The maximum Gasteiger partial charge on any atom is 0.414 e. The molecule has 0 unspecified atom stereocenters. The SMILES string of the molecule is COC(=S)CC[C@H]1CN(c2cc(F)c(N3CCNN(C(=O)CCc4ccc(-n5cccn5)cc4)CC3)c(F)c2)C(=O)O1. The summed E-state index contributed by atoms with van der Waals surface area (Å²) in [6.45, 7) is 1.26. The number of hydrazine groups is 1. The van der Waals surface area contributed by atoms with E-state index in [1.807, 2.05) is 36.5 Å². The largest absolute Gasteiger partial charge is 0.490 e. The van der Waals surface area contributed by atoms with Crippen LogP contribution in [0.3, 0.4) is 0 Å². The van der Waals surface area contributed by atoms with Crippen LogP contribution in [0.4, 0.5) is 25.0 Å². The molecule has 1 atom stereocenters. The zero-order chi connectivity index (χ0) is 29.6. The Balaban J connectivity index is 1.16. The lowest BCUT2D eigenvalue weighted by atomic mass is 10.1. The molecule has 2 aromatic carbocycles. The van der Waals surface area contributed by atoms with E-state index in [0.717, 1.165) is 23.4 Å². The zero-order valence-corrected chi connectivity index (χ0v) is 24.0. The van der Waals surface area contributed by atoms with Crippen molar-refractivity contribution >= 4 is 40.6 Å². The second-order valence-electron chi connectivity index (χ2n) is 10.0. The van der Waals surface area contributed by atoms with Crippen molar-refractivity contribution < 1.29 is 27.8 Å². The van der Waals surface area contributed by atoms with E-state index in [1.54, 1.807) is 15.8 Å². The highest BCUT2D eigenvalue weighted by Crippen LogP contribution is 2.32. The number of nitrogens with one attached hydrogen (secondary N) is 1. The maximum atomic E-state index is 15.3. The van der Waals surface area contributed by atoms with Crippen molar-refractivity contribution in [2.75, 3.05) is 49.6 Å². The van der Waals surface area contributed by atoms with Crippen LogP contribution < -0.4 is 15.2 Å². The number of benzene rings is 2. The van der Waals surface area contributed by atoms with Crippen LogP contribution in [0, 0.1) is 11.6 Å². The van der Waals surface area contributed by atoms with Crippen LogP contribution in [0.5, 0.6) is 0 Å². The van der Waals surface area contributed by atoms with Crippen molar-refractivity contribution in [2.24, 2.45) is 0 Å². The number of rotatable bonds is 9. The lowest BCUT2D eigenvalue weighted by Crippen LogP contribution is -2.43. The van der Waals surface area contributed by atoms with Gasteiger partial charge in [0.05, 0.1) is 31.6 Å². The van der Waals surface area contributed by atoms with Crippen LogP contribution in [0.25, 0.3) is 5.69 Å². The molecule has 2 amide bonds. The Morgan fingerprint density at radius 3 is 2.57 bits per heavy atom. The van der Waals surface area contributed by atoms with Gasteiger partial charge in [0.1, 0.15) is 11.8 Å². The highest BCUT2D eigenvalue weighted by Gasteiger charge is 2.34. The molecule has 0 radical (unpaired) electrons. The van der Waals surface area contributed by atoms with Gasteiger partial charge in [-0.1, -0.05) is 12.1 Å². The van der Waals surface area contributed by atoms with Crippen molar-refractivity contribution in [2.45, 2.75) is 31.8 Å². The monoisotopic (exact) mass is 598 g/mol.